The average molecular weight is 277 g/mol. The largest absolute Gasteiger partial charge is 0.323 e. The van der Waals surface area contributed by atoms with E-state index in [4.69, 9.17) is 0 Å². The van der Waals surface area contributed by atoms with Crippen LogP contribution < -0.4 is 10.6 Å². The molecule has 21 heavy (non-hydrogen) atoms. The van der Waals surface area contributed by atoms with Gasteiger partial charge in [0.25, 0.3) is 0 Å². The number of anilines is 2. The van der Waals surface area contributed by atoms with Crippen LogP contribution >= 0.6 is 0 Å². The monoisotopic (exact) mass is 277 g/mol. The average Bonchev–Trinajstić information content (AvgIpc) is 2.47. The minimum atomic E-state index is -0.280. The third-order valence-electron chi connectivity index (χ3n) is 3.12. The van der Waals surface area contributed by atoms with Gasteiger partial charge in [-0.05, 0) is 36.8 Å². The van der Waals surface area contributed by atoms with Gasteiger partial charge < -0.3 is 10.6 Å². The summed E-state index contributed by atoms with van der Waals surface area (Å²) >= 11 is 0. The van der Waals surface area contributed by atoms with Crippen molar-refractivity contribution >= 4 is 28.3 Å². The first-order valence-corrected chi connectivity index (χ1v) is 6.70. The van der Waals surface area contributed by atoms with Crippen LogP contribution in [0.1, 0.15) is 5.56 Å². The lowest BCUT2D eigenvalue weighted by Gasteiger charge is -2.08. The standard InChI is InChI=1S/C17H15N3O/c1-12-5-4-7-14(9-12)19-17(21)20-15-10-13-6-2-3-8-16(13)18-11-15/h2-11H,1H3,(H2,19,20,21). The van der Waals surface area contributed by atoms with Gasteiger partial charge in [-0.15, -0.1) is 0 Å². The second kappa shape index (κ2) is 5.63. The Morgan fingerprint density at radius 3 is 2.62 bits per heavy atom. The summed E-state index contributed by atoms with van der Waals surface area (Å²) in [6.07, 6.45) is 1.65. The fourth-order valence-electron chi connectivity index (χ4n) is 2.16. The molecular formula is C17H15N3O. The molecule has 2 aromatic carbocycles. The van der Waals surface area contributed by atoms with E-state index in [1.807, 2.05) is 61.5 Å². The maximum Gasteiger partial charge on any atom is 0.323 e. The van der Waals surface area contributed by atoms with E-state index < -0.39 is 0 Å². The Morgan fingerprint density at radius 2 is 1.76 bits per heavy atom. The SMILES string of the molecule is Cc1cccc(NC(=O)Nc2cnc3ccccc3c2)c1. The van der Waals surface area contributed by atoms with Gasteiger partial charge in [-0.1, -0.05) is 30.3 Å². The molecule has 2 amide bonds. The number of nitrogens with one attached hydrogen (secondary N) is 2. The van der Waals surface area contributed by atoms with Crippen molar-refractivity contribution in [3.8, 4) is 0 Å². The molecule has 4 heteroatoms. The number of para-hydroxylation sites is 1. The number of aromatic nitrogens is 1. The predicted molar refractivity (Wildman–Crippen MR) is 85.6 cm³/mol. The van der Waals surface area contributed by atoms with Gasteiger partial charge in [0.1, 0.15) is 0 Å². The summed E-state index contributed by atoms with van der Waals surface area (Å²) in [4.78, 5) is 16.3. The molecule has 0 aliphatic heterocycles. The van der Waals surface area contributed by atoms with Crippen LogP contribution in [0, 0.1) is 6.92 Å². The molecule has 0 atom stereocenters. The fraction of sp³-hybridized carbons (Fsp3) is 0.0588. The first-order chi connectivity index (χ1) is 10.2. The van der Waals surface area contributed by atoms with Gasteiger partial charge in [-0.25, -0.2) is 4.79 Å². The van der Waals surface area contributed by atoms with Crippen LogP contribution in [0.15, 0.2) is 60.8 Å². The summed E-state index contributed by atoms with van der Waals surface area (Å²) in [5.41, 5.74) is 3.43. The van der Waals surface area contributed by atoms with Crippen LogP contribution in [0.4, 0.5) is 16.2 Å². The molecule has 104 valence electrons. The van der Waals surface area contributed by atoms with Gasteiger partial charge in [0.05, 0.1) is 17.4 Å². The van der Waals surface area contributed by atoms with Crippen molar-refractivity contribution in [3.63, 3.8) is 0 Å². The van der Waals surface area contributed by atoms with E-state index in [1.54, 1.807) is 6.20 Å². The number of fused-ring (bicyclic) bond motifs is 1. The quantitative estimate of drug-likeness (QED) is 0.738. The molecule has 0 radical (unpaired) electrons. The summed E-state index contributed by atoms with van der Waals surface area (Å²) in [7, 11) is 0. The van der Waals surface area contributed by atoms with Gasteiger partial charge in [0, 0.05) is 11.1 Å². The van der Waals surface area contributed by atoms with Crippen molar-refractivity contribution in [1.29, 1.82) is 0 Å². The third kappa shape index (κ3) is 3.17. The summed E-state index contributed by atoms with van der Waals surface area (Å²) in [5, 5.41) is 6.58. The number of carbonyl (C=O) groups is 1. The number of benzene rings is 2. The third-order valence-corrected chi connectivity index (χ3v) is 3.12. The Balaban J connectivity index is 1.74. The van der Waals surface area contributed by atoms with E-state index in [0.717, 1.165) is 22.2 Å². The number of nitrogens with zero attached hydrogens (tertiary/aromatic N) is 1. The molecule has 0 saturated carbocycles. The number of carbonyl (C=O) groups excluding carboxylic acids is 1. The summed E-state index contributed by atoms with van der Waals surface area (Å²) in [6.45, 7) is 1.98. The van der Waals surface area contributed by atoms with E-state index in [1.165, 1.54) is 0 Å². The molecule has 0 aliphatic rings. The molecule has 3 aromatic rings. The van der Waals surface area contributed by atoms with Crippen molar-refractivity contribution in [1.82, 2.24) is 4.98 Å². The van der Waals surface area contributed by atoms with Crippen molar-refractivity contribution in [2.45, 2.75) is 6.92 Å². The van der Waals surface area contributed by atoms with Crippen LogP contribution in [0.25, 0.3) is 10.9 Å². The fourth-order valence-corrected chi connectivity index (χ4v) is 2.16. The van der Waals surface area contributed by atoms with E-state index >= 15 is 0 Å². The summed E-state index contributed by atoms with van der Waals surface area (Å²) in [5.74, 6) is 0. The van der Waals surface area contributed by atoms with Crippen LogP contribution in [0.2, 0.25) is 0 Å². The second-order valence-corrected chi connectivity index (χ2v) is 4.87. The molecule has 0 spiro atoms. The molecule has 1 aromatic heterocycles. The first kappa shape index (κ1) is 13.1. The number of hydrogen-bond donors (Lipinski definition) is 2. The molecule has 0 fully saturated rings. The molecule has 0 bridgehead atoms. The van der Waals surface area contributed by atoms with Crippen LogP contribution in [0.3, 0.4) is 0 Å². The Morgan fingerprint density at radius 1 is 0.952 bits per heavy atom. The van der Waals surface area contributed by atoms with Crippen molar-refractivity contribution in [2.24, 2.45) is 0 Å². The number of aryl methyl sites for hydroxylation is 1. The molecule has 0 aliphatic carbocycles. The highest BCUT2D eigenvalue weighted by Crippen LogP contribution is 2.16. The van der Waals surface area contributed by atoms with E-state index in [9.17, 15) is 4.79 Å². The molecule has 0 saturated heterocycles. The lowest BCUT2D eigenvalue weighted by Crippen LogP contribution is -2.19. The Bertz CT molecular complexity index is 799. The molecule has 2 N–H and O–H groups in total. The van der Waals surface area contributed by atoms with Crippen molar-refractivity contribution in [2.75, 3.05) is 10.6 Å². The highest BCUT2D eigenvalue weighted by Gasteiger charge is 2.04. The minimum absolute atomic E-state index is 0.280. The first-order valence-electron chi connectivity index (χ1n) is 6.70. The number of amides is 2. The Kier molecular flexibility index (Phi) is 3.51. The van der Waals surface area contributed by atoms with Gasteiger partial charge in [-0.3, -0.25) is 4.98 Å². The highest BCUT2D eigenvalue weighted by molar-refractivity contribution is 6.00. The zero-order chi connectivity index (χ0) is 14.7. The minimum Gasteiger partial charge on any atom is -0.308 e. The maximum absolute atomic E-state index is 12.0. The molecular weight excluding hydrogens is 262 g/mol. The molecule has 3 rings (SSSR count). The predicted octanol–water partition coefficient (Wildman–Crippen LogP) is 4.19. The Hall–Kier alpha value is -2.88. The van der Waals surface area contributed by atoms with Crippen molar-refractivity contribution in [3.05, 3.63) is 66.4 Å². The van der Waals surface area contributed by atoms with Crippen LogP contribution in [-0.2, 0) is 0 Å². The smallest absolute Gasteiger partial charge is 0.308 e. The van der Waals surface area contributed by atoms with Crippen LogP contribution in [-0.4, -0.2) is 11.0 Å². The second-order valence-electron chi connectivity index (χ2n) is 4.87. The van der Waals surface area contributed by atoms with Gasteiger partial charge in [-0.2, -0.15) is 0 Å². The molecule has 1 heterocycles. The Labute approximate surface area is 122 Å². The topological polar surface area (TPSA) is 54.0 Å². The van der Waals surface area contributed by atoms with Gasteiger partial charge in [0.2, 0.25) is 0 Å². The maximum atomic E-state index is 12.0. The van der Waals surface area contributed by atoms with Gasteiger partial charge >= 0.3 is 6.03 Å². The lowest BCUT2D eigenvalue weighted by atomic mass is 10.2. The normalized spacial score (nSPS) is 10.3. The zero-order valence-electron chi connectivity index (χ0n) is 11.6. The summed E-state index contributed by atoms with van der Waals surface area (Å²) < 4.78 is 0. The zero-order valence-corrected chi connectivity index (χ0v) is 11.6. The number of pyridine rings is 1. The van der Waals surface area contributed by atoms with Crippen LogP contribution in [0.5, 0.6) is 0 Å². The highest BCUT2D eigenvalue weighted by atomic mass is 16.2. The van der Waals surface area contributed by atoms with Crippen molar-refractivity contribution < 1.29 is 4.79 Å². The van der Waals surface area contributed by atoms with E-state index in [0.29, 0.717) is 5.69 Å². The molecule has 4 nitrogen and oxygen atoms in total. The summed E-state index contributed by atoms with van der Waals surface area (Å²) in [6, 6.07) is 17.1. The number of urea groups is 1. The number of rotatable bonds is 2. The number of hydrogen-bond acceptors (Lipinski definition) is 2. The molecule has 0 unspecified atom stereocenters. The lowest BCUT2D eigenvalue weighted by molar-refractivity contribution is 0.262. The van der Waals surface area contributed by atoms with E-state index in [-0.39, 0.29) is 6.03 Å². The van der Waals surface area contributed by atoms with E-state index in [2.05, 4.69) is 15.6 Å². The van der Waals surface area contributed by atoms with Gasteiger partial charge in [0.15, 0.2) is 0 Å².